The van der Waals surface area contributed by atoms with Crippen molar-refractivity contribution in [2.24, 2.45) is 13.0 Å². The van der Waals surface area contributed by atoms with Gasteiger partial charge in [-0.15, -0.1) is 0 Å². The fourth-order valence-electron chi connectivity index (χ4n) is 2.60. The Hall–Kier alpha value is -1.43. The van der Waals surface area contributed by atoms with Gasteiger partial charge in [0.25, 0.3) is 0 Å². The van der Waals surface area contributed by atoms with Crippen molar-refractivity contribution in [2.75, 3.05) is 0 Å². The molecule has 1 aromatic heterocycles. The highest BCUT2D eigenvalue weighted by atomic mass is 16.6. The molecule has 0 radical (unpaired) electrons. The average molecular weight is 269 g/mol. The Morgan fingerprint density at radius 1 is 1.26 bits per heavy atom. The van der Waals surface area contributed by atoms with E-state index < -0.39 is 6.10 Å². The number of aryl methyl sites for hydroxylation is 1. The molecule has 0 spiro atoms. The number of nitro groups is 1. The molecule has 0 fully saturated rings. The highest BCUT2D eigenvalue weighted by molar-refractivity contribution is 5.45. The molecule has 0 bridgehead atoms. The number of aliphatic hydroxyl groups is 1. The van der Waals surface area contributed by atoms with Crippen molar-refractivity contribution in [1.29, 1.82) is 0 Å². The molecule has 1 heterocycles. The Balaban J connectivity index is 3.53. The van der Waals surface area contributed by atoms with Crippen LogP contribution in [-0.4, -0.2) is 25.9 Å². The zero-order valence-corrected chi connectivity index (χ0v) is 12.4. The summed E-state index contributed by atoms with van der Waals surface area (Å²) in [5.74, 6) is -0.235. The molecular formula is C13H23N3O3. The highest BCUT2D eigenvalue weighted by Gasteiger charge is 2.36. The number of hydrogen-bond donors (Lipinski definition) is 1. The van der Waals surface area contributed by atoms with Gasteiger partial charge in [-0.1, -0.05) is 27.7 Å². The maximum Gasteiger partial charge on any atom is 0.313 e. The standard InChI is InChI=1S/C13H23N3O3/c1-7(2)10(9(5)17)12-13(16(18)19)11(8(3)4)14-15(12)6/h7-10,17H,1-6H3. The van der Waals surface area contributed by atoms with E-state index >= 15 is 0 Å². The first kappa shape index (κ1) is 15.6. The van der Waals surface area contributed by atoms with Gasteiger partial charge in [0.1, 0.15) is 11.4 Å². The van der Waals surface area contributed by atoms with E-state index in [0.29, 0.717) is 11.4 Å². The van der Waals surface area contributed by atoms with Gasteiger partial charge in [0, 0.05) is 18.9 Å². The third kappa shape index (κ3) is 2.94. The van der Waals surface area contributed by atoms with E-state index in [1.54, 1.807) is 18.7 Å². The van der Waals surface area contributed by atoms with Crippen molar-refractivity contribution >= 4 is 5.69 Å². The van der Waals surface area contributed by atoms with Crippen LogP contribution in [0.15, 0.2) is 0 Å². The molecule has 0 aliphatic rings. The number of hydrogen-bond acceptors (Lipinski definition) is 4. The first-order valence-electron chi connectivity index (χ1n) is 6.57. The summed E-state index contributed by atoms with van der Waals surface area (Å²) in [6.45, 7) is 9.32. The number of aliphatic hydroxyl groups excluding tert-OH is 1. The van der Waals surface area contributed by atoms with Crippen LogP contribution in [0.25, 0.3) is 0 Å². The Morgan fingerprint density at radius 2 is 1.79 bits per heavy atom. The summed E-state index contributed by atoms with van der Waals surface area (Å²) in [5.41, 5.74) is 1.05. The summed E-state index contributed by atoms with van der Waals surface area (Å²) in [6, 6.07) is 0. The number of aromatic nitrogens is 2. The van der Waals surface area contributed by atoms with E-state index in [-0.39, 0.29) is 28.4 Å². The summed E-state index contributed by atoms with van der Waals surface area (Å²) in [5, 5.41) is 25.6. The lowest BCUT2D eigenvalue weighted by atomic mass is 9.86. The molecule has 1 aromatic rings. The normalized spacial score (nSPS) is 15.0. The van der Waals surface area contributed by atoms with E-state index in [4.69, 9.17) is 0 Å². The first-order chi connectivity index (χ1) is 8.68. The predicted molar refractivity (Wildman–Crippen MR) is 73.2 cm³/mol. The van der Waals surface area contributed by atoms with Crippen molar-refractivity contribution in [3.05, 3.63) is 21.5 Å². The second-order valence-electron chi connectivity index (χ2n) is 5.66. The van der Waals surface area contributed by atoms with Crippen molar-refractivity contribution in [1.82, 2.24) is 9.78 Å². The summed E-state index contributed by atoms with van der Waals surface area (Å²) in [7, 11) is 1.70. The summed E-state index contributed by atoms with van der Waals surface area (Å²) in [6.07, 6.45) is -0.658. The number of nitrogens with zero attached hydrogens (tertiary/aromatic N) is 3. The van der Waals surface area contributed by atoms with Gasteiger partial charge in [0.05, 0.1) is 11.0 Å². The third-order valence-corrected chi connectivity index (χ3v) is 3.37. The lowest BCUT2D eigenvalue weighted by Gasteiger charge is -2.23. The summed E-state index contributed by atoms with van der Waals surface area (Å²) >= 11 is 0. The highest BCUT2D eigenvalue weighted by Crippen LogP contribution is 2.38. The zero-order chi connectivity index (χ0) is 14.9. The second kappa shape index (κ2) is 5.69. The van der Waals surface area contributed by atoms with Crippen LogP contribution in [0, 0.1) is 16.0 Å². The van der Waals surface area contributed by atoms with Crippen molar-refractivity contribution in [3.8, 4) is 0 Å². The lowest BCUT2D eigenvalue weighted by Crippen LogP contribution is -2.23. The molecule has 6 nitrogen and oxygen atoms in total. The average Bonchev–Trinajstić information content (AvgIpc) is 2.56. The van der Waals surface area contributed by atoms with Crippen molar-refractivity contribution in [2.45, 2.75) is 52.6 Å². The summed E-state index contributed by atoms with van der Waals surface area (Å²) in [4.78, 5) is 11.0. The quantitative estimate of drug-likeness (QED) is 0.658. The Labute approximate surface area is 113 Å². The molecule has 108 valence electrons. The van der Waals surface area contributed by atoms with E-state index in [9.17, 15) is 15.2 Å². The minimum Gasteiger partial charge on any atom is -0.393 e. The van der Waals surface area contributed by atoms with E-state index in [1.165, 1.54) is 0 Å². The van der Waals surface area contributed by atoms with Crippen LogP contribution in [0.5, 0.6) is 0 Å². The molecule has 1 rings (SSSR count). The molecule has 0 aliphatic heterocycles. The molecule has 0 saturated carbocycles. The smallest absolute Gasteiger partial charge is 0.313 e. The van der Waals surface area contributed by atoms with Gasteiger partial charge in [-0.05, 0) is 12.8 Å². The van der Waals surface area contributed by atoms with Crippen molar-refractivity contribution in [3.63, 3.8) is 0 Å². The molecule has 0 aromatic carbocycles. The minimum absolute atomic E-state index is 0.0258. The molecule has 2 unspecified atom stereocenters. The van der Waals surface area contributed by atoms with Gasteiger partial charge >= 0.3 is 5.69 Å². The summed E-state index contributed by atoms with van der Waals surface area (Å²) < 4.78 is 1.55. The maximum atomic E-state index is 11.4. The zero-order valence-electron chi connectivity index (χ0n) is 12.4. The van der Waals surface area contributed by atoms with Crippen LogP contribution in [0.2, 0.25) is 0 Å². The number of rotatable bonds is 5. The van der Waals surface area contributed by atoms with Crippen LogP contribution in [0.3, 0.4) is 0 Å². The molecule has 0 aliphatic carbocycles. The van der Waals surface area contributed by atoms with Crippen LogP contribution < -0.4 is 0 Å². The lowest BCUT2D eigenvalue weighted by molar-refractivity contribution is -0.386. The predicted octanol–water partition coefficient (Wildman–Crippen LogP) is 2.57. The van der Waals surface area contributed by atoms with Gasteiger partial charge in [0.2, 0.25) is 0 Å². The van der Waals surface area contributed by atoms with Gasteiger partial charge in [-0.25, -0.2) is 0 Å². The molecule has 0 saturated heterocycles. The monoisotopic (exact) mass is 269 g/mol. The van der Waals surface area contributed by atoms with Gasteiger partial charge < -0.3 is 5.11 Å². The van der Waals surface area contributed by atoms with E-state index in [0.717, 1.165) is 0 Å². The molecule has 6 heteroatoms. The van der Waals surface area contributed by atoms with Gasteiger partial charge in [-0.3, -0.25) is 14.8 Å². The SMILES string of the molecule is CC(C)c1nn(C)c(C(C(C)C)C(C)O)c1[N+](=O)[O-]. The first-order valence-corrected chi connectivity index (χ1v) is 6.57. The molecule has 0 amide bonds. The fraction of sp³-hybridized carbons (Fsp3) is 0.769. The Kier molecular flexibility index (Phi) is 4.68. The topological polar surface area (TPSA) is 81.2 Å². The van der Waals surface area contributed by atoms with Crippen LogP contribution in [-0.2, 0) is 7.05 Å². The van der Waals surface area contributed by atoms with E-state index in [1.807, 2.05) is 27.7 Å². The van der Waals surface area contributed by atoms with Gasteiger partial charge in [-0.2, -0.15) is 5.10 Å². The second-order valence-corrected chi connectivity index (χ2v) is 5.66. The fourth-order valence-corrected chi connectivity index (χ4v) is 2.60. The van der Waals surface area contributed by atoms with Crippen LogP contribution in [0.4, 0.5) is 5.69 Å². The molecule has 1 N–H and O–H groups in total. The Morgan fingerprint density at radius 3 is 2.11 bits per heavy atom. The molecule has 19 heavy (non-hydrogen) atoms. The van der Waals surface area contributed by atoms with Crippen LogP contribution >= 0.6 is 0 Å². The van der Waals surface area contributed by atoms with Crippen LogP contribution in [0.1, 0.15) is 57.8 Å². The van der Waals surface area contributed by atoms with E-state index in [2.05, 4.69) is 5.10 Å². The van der Waals surface area contributed by atoms with Crippen molar-refractivity contribution < 1.29 is 10.0 Å². The maximum absolute atomic E-state index is 11.4. The molecule has 2 atom stereocenters. The third-order valence-electron chi connectivity index (χ3n) is 3.37. The van der Waals surface area contributed by atoms with Gasteiger partial charge in [0.15, 0.2) is 0 Å². The Bertz CT molecular complexity index is 456. The molecular weight excluding hydrogens is 246 g/mol. The largest absolute Gasteiger partial charge is 0.393 e. The minimum atomic E-state index is -0.658.